The number of imide groups is 2. The van der Waals surface area contributed by atoms with Gasteiger partial charge in [0.05, 0.1) is 18.3 Å². The molecular formula is C25H24BrN3O4. The molecule has 7 nitrogen and oxygen atoms in total. The lowest BCUT2D eigenvalue weighted by atomic mass is 9.88. The second-order valence-corrected chi connectivity index (χ2v) is 9.50. The summed E-state index contributed by atoms with van der Waals surface area (Å²) in [4.78, 5) is 41.5. The summed E-state index contributed by atoms with van der Waals surface area (Å²) in [5.41, 5.74) is 3.65. The lowest BCUT2D eigenvalue weighted by Gasteiger charge is -2.41. The van der Waals surface area contributed by atoms with Crippen molar-refractivity contribution in [3.8, 4) is 5.75 Å². The van der Waals surface area contributed by atoms with Crippen molar-refractivity contribution in [1.82, 2.24) is 5.32 Å². The van der Waals surface area contributed by atoms with Gasteiger partial charge in [0.15, 0.2) is 0 Å². The summed E-state index contributed by atoms with van der Waals surface area (Å²) >= 11 is 3.34. The number of hydrogen-bond acceptors (Lipinski definition) is 5. The third kappa shape index (κ3) is 3.95. The van der Waals surface area contributed by atoms with E-state index < -0.39 is 17.8 Å². The number of urea groups is 1. The molecule has 2 aromatic carbocycles. The Morgan fingerprint density at radius 2 is 1.85 bits per heavy atom. The van der Waals surface area contributed by atoms with E-state index >= 15 is 0 Å². The van der Waals surface area contributed by atoms with Crippen LogP contribution >= 0.6 is 15.9 Å². The summed E-state index contributed by atoms with van der Waals surface area (Å²) in [6.45, 7) is 6.28. The number of benzene rings is 2. The maximum absolute atomic E-state index is 13.3. The zero-order valence-corrected chi connectivity index (χ0v) is 20.6. The Hall–Kier alpha value is -3.39. The first-order valence-corrected chi connectivity index (χ1v) is 11.2. The van der Waals surface area contributed by atoms with E-state index in [1.54, 1.807) is 31.4 Å². The summed E-state index contributed by atoms with van der Waals surface area (Å²) in [6, 6.07) is 9.77. The van der Waals surface area contributed by atoms with Gasteiger partial charge in [0, 0.05) is 34.4 Å². The van der Waals surface area contributed by atoms with E-state index in [-0.39, 0.29) is 11.1 Å². The average Bonchev–Trinajstić information content (AvgIpc) is 2.74. The Bertz CT molecular complexity index is 1260. The van der Waals surface area contributed by atoms with Gasteiger partial charge in [0.2, 0.25) is 0 Å². The van der Waals surface area contributed by atoms with Crippen LogP contribution in [0, 0.1) is 0 Å². The molecule has 0 bridgehead atoms. The molecular weight excluding hydrogens is 486 g/mol. The van der Waals surface area contributed by atoms with Gasteiger partial charge in [-0.2, -0.15) is 0 Å². The minimum atomic E-state index is -0.791. The Morgan fingerprint density at radius 1 is 1.12 bits per heavy atom. The van der Waals surface area contributed by atoms with Crippen LogP contribution in [-0.2, 0) is 9.59 Å². The van der Waals surface area contributed by atoms with Gasteiger partial charge < -0.3 is 9.64 Å². The lowest BCUT2D eigenvalue weighted by molar-refractivity contribution is -0.122. The second-order valence-electron chi connectivity index (χ2n) is 8.59. The SMILES string of the molecule is COc1cc2c(cc1/C=C1/C(=O)NC(=O)N(c3cccc(Br)c3)C1=O)C(C)=CC(C)(C)N2C. The van der Waals surface area contributed by atoms with Crippen LogP contribution in [0.2, 0.25) is 0 Å². The number of carbonyl (C=O) groups is 3. The highest BCUT2D eigenvalue weighted by Gasteiger charge is 2.37. The van der Waals surface area contributed by atoms with Crippen molar-refractivity contribution in [2.75, 3.05) is 24.0 Å². The molecule has 2 aliphatic heterocycles. The van der Waals surface area contributed by atoms with E-state index in [2.05, 4.69) is 46.1 Å². The predicted octanol–water partition coefficient (Wildman–Crippen LogP) is 4.76. The Balaban J connectivity index is 1.82. The third-order valence-corrected chi connectivity index (χ3v) is 6.53. The number of allylic oxidation sites excluding steroid dienone is 1. The monoisotopic (exact) mass is 509 g/mol. The molecule has 0 aliphatic carbocycles. The van der Waals surface area contributed by atoms with Crippen molar-refractivity contribution in [2.24, 2.45) is 0 Å². The maximum atomic E-state index is 13.3. The number of anilines is 2. The molecule has 2 aromatic rings. The minimum absolute atomic E-state index is 0.154. The number of likely N-dealkylation sites (N-methyl/N-ethyl adjacent to an activating group) is 1. The van der Waals surface area contributed by atoms with Crippen LogP contribution in [-0.4, -0.2) is 37.5 Å². The second kappa shape index (κ2) is 8.19. The molecule has 0 saturated carbocycles. The van der Waals surface area contributed by atoms with Crippen LogP contribution in [0.4, 0.5) is 16.2 Å². The molecule has 1 saturated heterocycles. The average molecular weight is 510 g/mol. The standard InChI is InChI=1S/C25H24BrN3O4/c1-14-13-25(2,3)28(4)20-12-21(33-5)15(9-18(14)20)10-19-22(30)27-24(32)29(23(19)31)17-8-6-7-16(26)11-17/h6-13H,1-5H3,(H,27,30,32)/b19-10-. The van der Waals surface area contributed by atoms with Gasteiger partial charge in [-0.3, -0.25) is 14.9 Å². The van der Waals surface area contributed by atoms with E-state index in [9.17, 15) is 14.4 Å². The number of barbiturate groups is 1. The molecule has 4 amide bonds. The van der Waals surface area contributed by atoms with Crippen molar-refractivity contribution >= 4 is 56.8 Å². The largest absolute Gasteiger partial charge is 0.496 e. The lowest BCUT2D eigenvalue weighted by Crippen LogP contribution is -2.54. The van der Waals surface area contributed by atoms with Gasteiger partial charge in [-0.05, 0) is 56.7 Å². The molecule has 33 heavy (non-hydrogen) atoms. The van der Waals surface area contributed by atoms with E-state index in [1.807, 2.05) is 26.1 Å². The summed E-state index contributed by atoms with van der Waals surface area (Å²) in [5, 5.41) is 2.26. The Morgan fingerprint density at radius 3 is 2.52 bits per heavy atom. The molecule has 0 radical (unpaired) electrons. The van der Waals surface area contributed by atoms with E-state index in [0.717, 1.165) is 21.7 Å². The van der Waals surface area contributed by atoms with Crippen LogP contribution < -0.4 is 19.9 Å². The highest BCUT2D eigenvalue weighted by molar-refractivity contribution is 9.10. The number of halogens is 1. The summed E-state index contributed by atoms with van der Waals surface area (Å²) in [7, 11) is 3.55. The summed E-state index contributed by atoms with van der Waals surface area (Å²) < 4.78 is 6.31. The van der Waals surface area contributed by atoms with Gasteiger partial charge in [-0.25, -0.2) is 9.69 Å². The van der Waals surface area contributed by atoms with Crippen molar-refractivity contribution in [2.45, 2.75) is 26.3 Å². The number of nitrogens with one attached hydrogen (secondary N) is 1. The molecule has 8 heteroatoms. The van der Waals surface area contributed by atoms with Gasteiger partial charge in [0.25, 0.3) is 11.8 Å². The molecule has 0 aromatic heterocycles. The maximum Gasteiger partial charge on any atom is 0.335 e. The fraction of sp³-hybridized carbons (Fsp3) is 0.240. The van der Waals surface area contributed by atoms with Gasteiger partial charge >= 0.3 is 6.03 Å². The Kier molecular flexibility index (Phi) is 5.66. The number of fused-ring (bicyclic) bond motifs is 1. The summed E-state index contributed by atoms with van der Waals surface area (Å²) in [5.74, 6) is -0.932. The van der Waals surface area contributed by atoms with E-state index in [1.165, 1.54) is 6.08 Å². The number of methoxy groups -OCH3 is 1. The molecule has 0 atom stereocenters. The molecule has 0 unspecified atom stereocenters. The fourth-order valence-electron chi connectivity index (χ4n) is 4.15. The van der Waals surface area contributed by atoms with Crippen molar-refractivity contribution < 1.29 is 19.1 Å². The van der Waals surface area contributed by atoms with Gasteiger partial charge in [-0.1, -0.05) is 28.1 Å². The topological polar surface area (TPSA) is 79.0 Å². The van der Waals surface area contributed by atoms with Crippen LogP contribution in [0.1, 0.15) is 31.9 Å². The van der Waals surface area contributed by atoms with Crippen molar-refractivity contribution in [1.29, 1.82) is 0 Å². The first-order chi connectivity index (χ1) is 15.5. The first kappa shape index (κ1) is 22.8. The molecule has 2 heterocycles. The van der Waals surface area contributed by atoms with Crippen molar-refractivity contribution in [3.05, 3.63) is 63.6 Å². The van der Waals surface area contributed by atoms with Crippen molar-refractivity contribution in [3.63, 3.8) is 0 Å². The normalized spacial score (nSPS) is 18.8. The molecule has 2 aliphatic rings. The van der Waals surface area contributed by atoms with Crippen LogP contribution in [0.25, 0.3) is 11.6 Å². The number of hydrogen-bond donors (Lipinski definition) is 1. The minimum Gasteiger partial charge on any atom is -0.496 e. The van der Waals surface area contributed by atoms with Gasteiger partial charge in [-0.15, -0.1) is 0 Å². The number of nitrogens with zero attached hydrogens (tertiary/aromatic N) is 2. The molecule has 0 spiro atoms. The molecule has 1 N–H and O–H groups in total. The fourth-order valence-corrected chi connectivity index (χ4v) is 4.53. The number of ether oxygens (including phenoxy) is 1. The Labute approximate surface area is 200 Å². The summed E-state index contributed by atoms with van der Waals surface area (Å²) in [6.07, 6.45) is 3.64. The number of rotatable bonds is 3. The molecule has 4 rings (SSSR count). The third-order valence-electron chi connectivity index (χ3n) is 6.04. The number of carbonyl (C=O) groups excluding carboxylic acids is 3. The van der Waals surface area contributed by atoms with Crippen LogP contribution in [0.15, 0.2) is 52.5 Å². The molecule has 170 valence electrons. The molecule has 1 fully saturated rings. The highest BCUT2D eigenvalue weighted by Crippen LogP contribution is 2.42. The van der Waals surface area contributed by atoms with E-state index in [0.29, 0.717) is 21.5 Å². The van der Waals surface area contributed by atoms with Crippen LogP contribution in [0.3, 0.4) is 0 Å². The smallest absolute Gasteiger partial charge is 0.335 e. The quantitative estimate of drug-likeness (QED) is 0.476. The zero-order valence-electron chi connectivity index (χ0n) is 19.0. The highest BCUT2D eigenvalue weighted by atomic mass is 79.9. The van der Waals surface area contributed by atoms with Crippen LogP contribution in [0.5, 0.6) is 5.75 Å². The zero-order chi connectivity index (χ0) is 24.1. The number of amides is 4. The first-order valence-electron chi connectivity index (χ1n) is 10.4. The van der Waals surface area contributed by atoms with Gasteiger partial charge in [0.1, 0.15) is 11.3 Å². The predicted molar refractivity (Wildman–Crippen MR) is 132 cm³/mol. The van der Waals surface area contributed by atoms with E-state index in [4.69, 9.17) is 4.74 Å².